The second kappa shape index (κ2) is 5.05. The Bertz CT molecular complexity index is 377. The maximum absolute atomic E-state index is 5.97. The summed E-state index contributed by atoms with van der Waals surface area (Å²) in [7, 11) is 0. The van der Waals surface area contributed by atoms with Gasteiger partial charge >= 0.3 is 0 Å². The van der Waals surface area contributed by atoms with Crippen LogP contribution >= 0.6 is 27.5 Å². The minimum atomic E-state index is 0.0990. The predicted octanol–water partition coefficient (Wildman–Crippen LogP) is 3.37. The summed E-state index contributed by atoms with van der Waals surface area (Å²) in [6, 6.07) is 5.85. The van der Waals surface area contributed by atoms with Crippen LogP contribution in [0.3, 0.4) is 0 Å². The highest BCUT2D eigenvalue weighted by molar-refractivity contribution is 9.10. The monoisotopic (exact) mass is 303 g/mol. The summed E-state index contributed by atoms with van der Waals surface area (Å²) in [6.45, 7) is 4.63. The van der Waals surface area contributed by atoms with Gasteiger partial charge in [0.25, 0.3) is 0 Å². The third-order valence-electron chi connectivity index (χ3n) is 2.93. The van der Waals surface area contributed by atoms with Gasteiger partial charge in [0.05, 0.1) is 6.61 Å². The van der Waals surface area contributed by atoms with Crippen LogP contribution in [0.15, 0.2) is 22.7 Å². The molecular formula is C12H15BrClNO. The zero-order valence-electron chi connectivity index (χ0n) is 9.22. The maximum atomic E-state index is 5.97. The summed E-state index contributed by atoms with van der Waals surface area (Å²) in [5.74, 6) is 0. The number of hydrogen-bond donors (Lipinski definition) is 1. The fraction of sp³-hybridized carbons (Fsp3) is 0.500. The van der Waals surface area contributed by atoms with Gasteiger partial charge in [-0.15, -0.1) is 0 Å². The van der Waals surface area contributed by atoms with E-state index in [9.17, 15) is 0 Å². The smallest absolute Gasteiger partial charge is 0.0646 e. The third kappa shape index (κ3) is 2.98. The molecule has 1 unspecified atom stereocenters. The van der Waals surface area contributed by atoms with Gasteiger partial charge in [-0.25, -0.2) is 0 Å². The standard InChI is InChI=1S/C12H15BrClNO/c1-12(4-5-16-8-12)15-7-9-6-10(14)2-3-11(9)13/h2-3,6,15H,4-5,7-8H2,1H3. The van der Waals surface area contributed by atoms with Crippen LogP contribution in [0.5, 0.6) is 0 Å². The van der Waals surface area contributed by atoms with Gasteiger partial charge in [-0.2, -0.15) is 0 Å². The Morgan fingerprint density at radius 3 is 3.06 bits per heavy atom. The van der Waals surface area contributed by atoms with E-state index in [1.165, 1.54) is 5.56 Å². The highest BCUT2D eigenvalue weighted by Crippen LogP contribution is 2.23. The summed E-state index contributed by atoms with van der Waals surface area (Å²) in [4.78, 5) is 0. The van der Waals surface area contributed by atoms with Crippen LogP contribution in [0.4, 0.5) is 0 Å². The molecule has 0 spiro atoms. The highest BCUT2D eigenvalue weighted by atomic mass is 79.9. The van der Waals surface area contributed by atoms with Crippen molar-refractivity contribution in [1.29, 1.82) is 0 Å². The Morgan fingerprint density at radius 1 is 1.56 bits per heavy atom. The SMILES string of the molecule is CC1(NCc2cc(Cl)ccc2Br)CCOC1. The van der Waals surface area contributed by atoms with Gasteiger partial charge in [0.15, 0.2) is 0 Å². The van der Waals surface area contributed by atoms with Crippen LogP contribution in [-0.4, -0.2) is 18.8 Å². The molecule has 1 heterocycles. The van der Waals surface area contributed by atoms with E-state index < -0.39 is 0 Å². The second-order valence-corrected chi connectivity index (χ2v) is 5.74. The molecule has 0 saturated carbocycles. The zero-order valence-corrected chi connectivity index (χ0v) is 11.6. The van der Waals surface area contributed by atoms with E-state index in [1.54, 1.807) is 0 Å². The van der Waals surface area contributed by atoms with Crippen LogP contribution in [0, 0.1) is 0 Å². The molecular weight excluding hydrogens is 289 g/mol. The van der Waals surface area contributed by atoms with E-state index >= 15 is 0 Å². The van der Waals surface area contributed by atoms with Gasteiger partial charge < -0.3 is 10.1 Å². The molecule has 0 aromatic heterocycles. The van der Waals surface area contributed by atoms with Crippen LogP contribution in [0.25, 0.3) is 0 Å². The largest absolute Gasteiger partial charge is 0.379 e. The molecule has 1 aromatic carbocycles. The zero-order chi connectivity index (χ0) is 11.6. The van der Waals surface area contributed by atoms with Crippen molar-refractivity contribution in [3.05, 3.63) is 33.3 Å². The second-order valence-electron chi connectivity index (χ2n) is 4.45. The first kappa shape index (κ1) is 12.4. The molecule has 0 radical (unpaired) electrons. The number of benzene rings is 1. The molecule has 16 heavy (non-hydrogen) atoms. The molecule has 0 aliphatic carbocycles. The average molecular weight is 305 g/mol. The quantitative estimate of drug-likeness (QED) is 0.924. The Labute approximate surface area is 109 Å². The lowest BCUT2D eigenvalue weighted by Gasteiger charge is -2.24. The van der Waals surface area contributed by atoms with Crippen molar-refractivity contribution in [3.8, 4) is 0 Å². The Morgan fingerprint density at radius 2 is 2.38 bits per heavy atom. The Hall–Kier alpha value is -0.0900. The van der Waals surface area contributed by atoms with Gasteiger partial charge in [0, 0.05) is 28.2 Å². The van der Waals surface area contributed by atoms with Crippen molar-refractivity contribution in [2.75, 3.05) is 13.2 Å². The van der Waals surface area contributed by atoms with Gasteiger partial charge in [-0.3, -0.25) is 0 Å². The van der Waals surface area contributed by atoms with Crippen molar-refractivity contribution in [3.63, 3.8) is 0 Å². The highest BCUT2D eigenvalue weighted by Gasteiger charge is 2.28. The molecule has 0 amide bonds. The Kier molecular flexibility index (Phi) is 3.90. The fourth-order valence-electron chi connectivity index (χ4n) is 1.79. The number of nitrogens with one attached hydrogen (secondary N) is 1. The molecule has 2 nitrogen and oxygen atoms in total. The van der Waals surface area contributed by atoms with E-state index in [2.05, 4.69) is 28.2 Å². The normalized spacial score (nSPS) is 24.9. The lowest BCUT2D eigenvalue weighted by Crippen LogP contribution is -2.42. The first-order chi connectivity index (χ1) is 7.59. The average Bonchev–Trinajstić information content (AvgIpc) is 2.67. The number of halogens is 2. The van der Waals surface area contributed by atoms with E-state index in [0.29, 0.717) is 0 Å². The fourth-order valence-corrected chi connectivity index (χ4v) is 2.38. The molecule has 0 bridgehead atoms. The van der Waals surface area contributed by atoms with Crippen LogP contribution in [-0.2, 0) is 11.3 Å². The predicted molar refractivity (Wildman–Crippen MR) is 69.8 cm³/mol. The minimum Gasteiger partial charge on any atom is -0.379 e. The molecule has 1 atom stereocenters. The lowest BCUT2D eigenvalue weighted by molar-refractivity contribution is 0.171. The lowest BCUT2D eigenvalue weighted by atomic mass is 10.0. The molecule has 4 heteroatoms. The van der Waals surface area contributed by atoms with Gasteiger partial charge in [0.1, 0.15) is 0 Å². The molecule has 88 valence electrons. The summed E-state index contributed by atoms with van der Waals surface area (Å²) >= 11 is 9.50. The van der Waals surface area contributed by atoms with E-state index in [-0.39, 0.29) is 5.54 Å². The molecule has 1 aliphatic rings. The van der Waals surface area contributed by atoms with Crippen LogP contribution in [0.2, 0.25) is 5.02 Å². The molecule has 1 aliphatic heterocycles. The van der Waals surface area contributed by atoms with E-state index in [1.807, 2.05) is 18.2 Å². The maximum Gasteiger partial charge on any atom is 0.0646 e. The molecule has 1 N–H and O–H groups in total. The van der Waals surface area contributed by atoms with Crippen molar-refractivity contribution < 1.29 is 4.74 Å². The van der Waals surface area contributed by atoms with Gasteiger partial charge in [0.2, 0.25) is 0 Å². The summed E-state index contributed by atoms with van der Waals surface area (Å²) in [5.41, 5.74) is 1.28. The van der Waals surface area contributed by atoms with Crippen LogP contribution < -0.4 is 5.32 Å². The topological polar surface area (TPSA) is 21.3 Å². The molecule has 2 rings (SSSR count). The number of ether oxygens (including phenoxy) is 1. The Balaban J connectivity index is 2.01. The van der Waals surface area contributed by atoms with E-state index in [4.69, 9.17) is 16.3 Å². The van der Waals surface area contributed by atoms with Gasteiger partial charge in [-0.05, 0) is 37.1 Å². The first-order valence-electron chi connectivity index (χ1n) is 5.36. The first-order valence-corrected chi connectivity index (χ1v) is 6.53. The molecule has 1 aromatic rings. The van der Waals surface area contributed by atoms with Crippen molar-refractivity contribution in [1.82, 2.24) is 5.32 Å². The molecule has 1 fully saturated rings. The van der Waals surface area contributed by atoms with Crippen molar-refractivity contribution >= 4 is 27.5 Å². The summed E-state index contributed by atoms with van der Waals surface area (Å²) in [5, 5.41) is 4.30. The summed E-state index contributed by atoms with van der Waals surface area (Å²) < 4.78 is 6.49. The number of hydrogen-bond acceptors (Lipinski definition) is 2. The van der Waals surface area contributed by atoms with E-state index in [0.717, 1.165) is 35.7 Å². The third-order valence-corrected chi connectivity index (χ3v) is 3.94. The van der Waals surface area contributed by atoms with Crippen molar-refractivity contribution in [2.45, 2.75) is 25.4 Å². The number of rotatable bonds is 3. The van der Waals surface area contributed by atoms with Crippen molar-refractivity contribution in [2.24, 2.45) is 0 Å². The minimum absolute atomic E-state index is 0.0990. The van der Waals surface area contributed by atoms with Crippen LogP contribution in [0.1, 0.15) is 18.9 Å². The van der Waals surface area contributed by atoms with Gasteiger partial charge in [-0.1, -0.05) is 27.5 Å². The molecule has 1 saturated heterocycles. The summed E-state index contributed by atoms with van der Waals surface area (Å²) in [6.07, 6.45) is 1.06.